The van der Waals surface area contributed by atoms with Crippen LogP contribution in [0.25, 0.3) is 10.8 Å². The fourth-order valence-corrected chi connectivity index (χ4v) is 3.13. The van der Waals surface area contributed by atoms with Gasteiger partial charge in [-0.2, -0.15) is 8.42 Å². The Hall–Kier alpha value is -1.68. The molecule has 0 spiro atoms. The van der Waals surface area contributed by atoms with Gasteiger partial charge in [-0.3, -0.25) is 4.55 Å². The van der Waals surface area contributed by atoms with Gasteiger partial charge < -0.3 is 5.11 Å². The molecule has 0 saturated carbocycles. The number of hydrogen-bond acceptors (Lipinski definition) is 5. The third-order valence-electron chi connectivity index (χ3n) is 2.50. The lowest BCUT2D eigenvalue weighted by molar-refractivity contribution is 0.478. The molecule has 19 heavy (non-hydrogen) atoms. The minimum atomic E-state index is -4.59. The maximum Gasteiger partial charge on any atom is 0.294 e. The van der Waals surface area contributed by atoms with Gasteiger partial charge in [0, 0.05) is 5.39 Å². The van der Waals surface area contributed by atoms with Gasteiger partial charge in [-0.05, 0) is 23.6 Å². The fourth-order valence-electron chi connectivity index (χ4n) is 1.72. The third-order valence-corrected chi connectivity index (χ3v) is 4.26. The van der Waals surface area contributed by atoms with Gasteiger partial charge in [0.2, 0.25) is 10.0 Å². The lowest BCUT2D eigenvalue weighted by atomic mass is 10.1. The van der Waals surface area contributed by atoms with Crippen LogP contribution in [0.15, 0.2) is 40.1 Å². The Morgan fingerprint density at radius 2 is 1.68 bits per heavy atom. The lowest BCUT2D eigenvalue weighted by Crippen LogP contribution is -2.14. The molecule has 0 radical (unpaired) electrons. The molecule has 0 amide bonds. The molecule has 0 aliphatic rings. The van der Waals surface area contributed by atoms with Crippen LogP contribution in [0.2, 0.25) is 0 Å². The summed E-state index contributed by atoms with van der Waals surface area (Å²) < 4.78 is 54.1. The topological polar surface area (TPSA) is 135 Å². The standard InChI is InChI=1S/C10H9NO6S2/c11-18(13,14)9-5-7(19(15,16)17)4-6-2-1-3-8(12)10(6)9/h1-5,12H,(H2,11,13,14)(H,15,16,17). The van der Waals surface area contributed by atoms with E-state index in [9.17, 15) is 21.9 Å². The average molecular weight is 303 g/mol. The van der Waals surface area contributed by atoms with E-state index in [2.05, 4.69) is 0 Å². The maximum atomic E-state index is 11.5. The van der Waals surface area contributed by atoms with Crippen molar-refractivity contribution in [3.8, 4) is 5.75 Å². The first kappa shape index (κ1) is 13.7. The summed E-state index contributed by atoms with van der Waals surface area (Å²) in [5, 5.41) is 14.7. The minimum absolute atomic E-state index is 0.0996. The number of benzene rings is 2. The Labute approximate surface area is 109 Å². The first-order valence-corrected chi connectivity index (χ1v) is 7.85. The molecule has 2 rings (SSSR count). The van der Waals surface area contributed by atoms with Crippen molar-refractivity contribution in [2.75, 3.05) is 0 Å². The Morgan fingerprint density at radius 1 is 1.05 bits per heavy atom. The van der Waals surface area contributed by atoms with Gasteiger partial charge in [0.1, 0.15) is 5.75 Å². The van der Waals surface area contributed by atoms with Crippen molar-refractivity contribution in [3.63, 3.8) is 0 Å². The summed E-state index contributed by atoms with van der Waals surface area (Å²) in [6.45, 7) is 0. The number of fused-ring (bicyclic) bond motifs is 1. The van der Waals surface area contributed by atoms with Crippen LogP contribution in [-0.4, -0.2) is 26.5 Å². The largest absolute Gasteiger partial charge is 0.507 e. The average Bonchev–Trinajstić information content (AvgIpc) is 2.25. The van der Waals surface area contributed by atoms with E-state index in [1.165, 1.54) is 18.2 Å². The van der Waals surface area contributed by atoms with E-state index in [1.54, 1.807) is 0 Å². The first-order chi connectivity index (χ1) is 8.60. The molecule has 0 saturated heterocycles. The molecule has 102 valence electrons. The Morgan fingerprint density at radius 3 is 2.21 bits per heavy atom. The lowest BCUT2D eigenvalue weighted by Gasteiger charge is -2.08. The molecule has 0 unspecified atom stereocenters. The molecule has 0 aliphatic carbocycles. The summed E-state index contributed by atoms with van der Waals surface area (Å²) in [7, 11) is -8.86. The SMILES string of the molecule is NS(=O)(=O)c1cc(S(=O)(=O)O)cc2cccc(O)c12. The summed E-state index contributed by atoms with van der Waals surface area (Å²) in [5.74, 6) is -0.358. The summed E-state index contributed by atoms with van der Waals surface area (Å²) in [6.07, 6.45) is 0. The van der Waals surface area contributed by atoms with Crippen molar-refractivity contribution in [1.29, 1.82) is 0 Å². The zero-order valence-corrected chi connectivity index (χ0v) is 10.9. The molecule has 9 heteroatoms. The first-order valence-electron chi connectivity index (χ1n) is 4.87. The maximum absolute atomic E-state index is 11.5. The van der Waals surface area contributed by atoms with Crippen LogP contribution in [0.4, 0.5) is 0 Å². The van der Waals surface area contributed by atoms with Gasteiger partial charge >= 0.3 is 0 Å². The highest BCUT2D eigenvalue weighted by molar-refractivity contribution is 7.89. The molecule has 2 aromatic carbocycles. The van der Waals surface area contributed by atoms with Crippen molar-refractivity contribution >= 4 is 30.9 Å². The molecule has 0 fully saturated rings. The number of phenolic OH excluding ortho intramolecular Hbond substituents is 1. The number of primary sulfonamides is 1. The summed E-state index contributed by atoms with van der Waals surface area (Å²) in [6, 6.07) is 5.77. The van der Waals surface area contributed by atoms with E-state index >= 15 is 0 Å². The normalized spacial score (nSPS) is 12.7. The van der Waals surface area contributed by atoms with Crippen molar-refractivity contribution < 1.29 is 26.5 Å². The highest BCUT2D eigenvalue weighted by Crippen LogP contribution is 2.32. The van der Waals surface area contributed by atoms with Gasteiger partial charge in [-0.25, -0.2) is 13.6 Å². The molecule has 0 bridgehead atoms. The molecule has 0 atom stereocenters. The zero-order valence-electron chi connectivity index (χ0n) is 9.31. The molecule has 0 aromatic heterocycles. The smallest absolute Gasteiger partial charge is 0.294 e. The van der Waals surface area contributed by atoms with Crippen molar-refractivity contribution in [3.05, 3.63) is 30.3 Å². The second-order valence-corrected chi connectivity index (χ2v) is 6.77. The van der Waals surface area contributed by atoms with Crippen LogP contribution in [0.3, 0.4) is 0 Å². The van der Waals surface area contributed by atoms with E-state index in [0.29, 0.717) is 6.07 Å². The molecule has 4 N–H and O–H groups in total. The number of phenols is 1. The predicted molar refractivity (Wildman–Crippen MR) is 66.8 cm³/mol. The van der Waals surface area contributed by atoms with Crippen molar-refractivity contribution in [2.45, 2.75) is 9.79 Å². The second kappa shape index (κ2) is 4.17. The second-order valence-electron chi connectivity index (χ2n) is 3.82. The summed E-state index contributed by atoms with van der Waals surface area (Å²) in [4.78, 5) is -1.19. The van der Waals surface area contributed by atoms with Crippen LogP contribution in [0.1, 0.15) is 0 Å². The molecular weight excluding hydrogens is 294 g/mol. The van der Waals surface area contributed by atoms with E-state index in [-0.39, 0.29) is 16.5 Å². The Kier molecular flexibility index (Phi) is 3.01. The summed E-state index contributed by atoms with van der Waals surface area (Å²) >= 11 is 0. The highest BCUT2D eigenvalue weighted by atomic mass is 32.2. The summed E-state index contributed by atoms with van der Waals surface area (Å²) in [5.41, 5.74) is 0. The number of nitrogens with two attached hydrogens (primary N) is 1. The number of hydrogen-bond donors (Lipinski definition) is 3. The van der Waals surface area contributed by atoms with Crippen LogP contribution >= 0.6 is 0 Å². The molecule has 7 nitrogen and oxygen atoms in total. The molecule has 0 heterocycles. The van der Waals surface area contributed by atoms with Gasteiger partial charge in [-0.1, -0.05) is 12.1 Å². The molecule has 2 aromatic rings. The monoisotopic (exact) mass is 303 g/mol. The van der Waals surface area contributed by atoms with Crippen molar-refractivity contribution in [2.24, 2.45) is 5.14 Å². The van der Waals surface area contributed by atoms with Crippen molar-refractivity contribution in [1.82, 2.24) is 0 Å². The van der Waals surface area contributed by atoms with Gasteiger partial charge in [-0.15, -0.1) is 0 Å². The van der Waals surface area contributed by atoms with Gasteiger partial charge in [0.05, 0.1) is 9.79 Å². The van der Waals surface area contributed by atoms with Crippen LogP contribution in [-0.2, 0) is 20.1 Å². The van der Waals surface area contributed by atoms with Gasteiger partial charge in [0.25, 0.3) is 10.1 Å². The quantitative estimate of drug-likeness (QED) is 0.689. The van der Waals surface area contributed by atoms with E-state index in [4.69, 9.17) is 9.69 Å². The van der Waals surface area contributed by atoms with Gasteiger partial charge in [0.15, 0.2) is 0 Å². The Bertz CT molecular complexity index is 870. The highest BCUT2D eigenvalue weighted by Gasteiger charge is 2.21. The van der Waals surface area contributed by atoms with E-state index in [0.717, 1.165) is 6.07 Å². The van der Waals surface area contributed by atoms with Crippen LogP contribution in [0.5, 0.6) is 5.75 Å². The zero-order chi connectivity index (χ0) is 14.4. The minimum Gasteiger partial charge on any atom is -0.507 e. The van der Waals surface area contributed by atoms with E-state index in [1.807, 2.05) is 0 Å². The van der Waals surface area contributed by atoms with E-state index < -0.39 is 29.9 Å². The predicted octanol–water partition coefficient (Wildman–Crippen LogP) is 0.440. The number of rotatable bonds is 2. The Balaban J connectivity index is 3.07. The van der Waals surface area contributed by atoms with Crippen LogP contribution < -0.4 is 5.14 Å². The third kappa shape index (κ3) is 2.54. The number of sulfonamides is 1. The fraction of sp³-hybridized carbons (Fsp3) is 0. The molecule has 0 aliphatic heterocycles. The molecular formula is C10H9NO6S2. The number of aromatic hydroxyl groups is 1. The van der Waals surface area contributed by atoms with Crippen LogP contribution in [0, 0.1) is 0 Å².